The summed E-state index contributed by atoms with van der Waals surface area (Å²) in [5.41, 5.74) is -0.325. The van der Waals surface area contributed by atoms with E-state index in [0.29, 0.717) is 25.3 Å². The molecule has 1 saturated heterocycles. The Balaban J connectivity index is 2.13. The van der Waals surface area contributed by atoms with E-state index < -0.39 is 6.09 Å². The summed E-state index contributed by atoms with van der Waals surface area (Å²) in [7, 11) is 0. The standard InChI is InChI=1S/C11H17NO3/c13-9-4-7-12(10(14)15)8-11(9)5-2-1-3-6-11/h1-8H2,(H,14,15). The van der Waals surface area contributed by atoms with Gasteiger partial charge in [-0.05, 0) is 12.8 Å². The third-order valence-electron chi connectivity index (χ3n) is 3.77. The number of hydrogen-bond donors (Lipinski definition) is 1. The number of likely N-dealkylation sites (tertiary alicyclic amines) is 1. The fourth-order valence-corrected chi connectivity index (χ4v) is 2.86. The first-order chi connectivity index (χ1) is 7.14. The fourth-order valence-electron chi connectivity index (χ4n) is 2.86. The van der Waals surface area contributed by atoms with Crippen LogP contribution in [0.1, 0.15) is 38.5 Å². The Morgan fingerprint density at radius 1 is 1.27 bits per heavy atom. The van der Waals surface area contributed by atoms with Crippen molar-refractivity contribution >= 4 is 11.9 Å². The minimum atomic E-state index is -0.882. The molecule has 0 aromatic heterocycles. The van der Waals surface area contributed by atoms with Gasteiger partial charge in [0.25, 0.3) is 0 Å². The molecule has 2 fully saturated rings. The number of amides is 1. The zero-order valence-corrected chi connectivity index (χ0v) is 8.87. The molecule has 15 heavy (non-hydrogen) atoms. The van der Waals surface area contributed by atoms with Crippen molar-refractivity contribution in [1.29, 1.82) is 0 Å². The number of hydrogen-bond acceptors (Lipinski definition) is 2. The van der Waals surface area contributed by atoms with Crippen LogP contribution in [-0.4, -0.2) is 35.0 Å². The first kappa shape index (κ1) is 10.5. The minimum Gasteiger partial charge on any atom is -0.465 e. The van der Waals surface area contributed by atoms with Gasteiger partial charge in [0.1, 0.15) is 5.78 Å². The van der Waals surface area contributed by atoms with Gasteiger partial charge in [-0.1, -0.05) is 19.3 Å². The monoisotopic (exact) mass is 211 g/mol. The lowest BCUT2D eigenvalue weighted by Gasteiger charge is -2.42. The Labute approximate surface area is 89.3 Å². The maximum absolute atomic E-state index is 11.9. The highest BCUT2D eigenvalue weighted by Crippen LogP contribution is 2.40. The van der Waals surface area contributed by atoms with Crippen LogP contribution in [-0.2, 0) is 4.79 Å². The van der Waals surface area contributed by atoms with E-state index in [9.17, 15) is 9.59 Å². The molecule has 0 unspecified atom stereocenters. The van der Waals surface area contributed by atoms with E-state index in [1.807, 2.05) is 0 Å². The molecule has 1 amide bonds. The summed E-state index contributed by atoms with van der Waals surface area (Å²) in [6.07, 6.45) is 4.62. The first-order valence-corrected chi connectivity index (χ1v) is 5.65. The van der Waals surface area contributed by atoms with Crippen molar-refractivity contribution in [1.82, 2.24) is 4.90 Å². The molecule has 0 aromatic carbocycles. The highest BCUT2D eigenvalue weighted by atomic mass is 16.4. The van der Waals surface area contributed by atoms with Crippen LogP contribution in [0.2, 0.25) is 0 Å². The van der Waals surface area contributed by atoms with Gasteiger partial charge in [-0.25, -0.2) is 4.79 Å². The Morgan fingerprint density at radius 2 is 1.93 bits per heavy atom. The van der Waals surface area contributed by atoms with Gasteiger partial charge >= 0.3 is 6.09 Å². The molecule has 1 spiro atoms. The number of Topliss-reactive ketones (excluding diaryl/α,β-unsaturated/α-hetero) is 1. The lowest BCUT2D eigenvalue weighted by molar-refractivity contribution is -0.135. The van der Waals surface area contributed by atoms with Crippen LogP contribution in [0, 0.1) is 5.41 Å². The van der Waals surface area contributed by atoms with Crippen molar-refractivity contribution in [3.05, 3.63) is 0 Å². The summed E-state index contributed by atoms with van der Waals surface area (Å²) in [6.45, 7) is 0.817. The minimum absolute atomic E-state index is 0.291. The number of piperidine rings is 1. The van der Waals surface area contributed by atoms with Crippen LogP contribution >= 0.6 is 0 Å². The Morgan fingerprint density at radius 3 is 2.53 bits per heavy atom. The molecule has 84 valence electrons. The molecule has 2 aliphatic rings. The van der Waals surface area contributed by atoms with Gasteiger partial charge in [-0.3, -0.25) is 4.79 Å². The molecule has 4 nitrogen and oxygen atoms in total. The van der Waals surface area contributed by atoms with E-state index in [1.165, 1.54) is 11.3 Å². The zero-order valence-electron chi connectivity index (χ0n) is 8.87. The third kappa shape index (κ3) is 1.85. The van der Waals surface area contributed by atoms with E-state index in [1.54, 1.807) is 0 Å². The van der Waals surface area contributed by atoms with Gasteiger partial charge in [0.2, 0.25) is 0 Å². The number of ketones is 1. The van der Waals surface area contributed by atoms with Gasteiger partial charge in [-0.2, -0.15) is 0 Å². The zero-order chi connectivity index (χ0) is 10.9. The molecule has 4 heteroatoms. The summed E-state index contributed by atoms with van der Waals surface area (Å²) in [6, 6.07) is 0. The smallest absolute Gasteiger partial charge is 0.407 e. The van der Waals surface area contributed by atoms with Gasteiger partial charge in [0.05, 0.1) is 0 Å². The van der Waals surface area contributed by atoms with E-state index in [0.717, 1.165) is 25.7 Å². The van der Waals surface area contributed by atoms with Crippen molar-refractivity contribution in [3.63, 3.8) is 0 Å². The molecule has 0 radical (unpaired) electrons. The maximum atomic E-state index is 11.9. The first-order valence-electron chi connectivity index (χ1n) is 5.65. The summed E-state index contributed by atoms with van der Waals surface area (Å²) >= 11 is 0. The van der Waals surface area contributed by atoms with E-state index in [4.69, 9.17) is 5.11 Å². The van der Waals surface area contributed by atoms with Crippen molar-refractivity contribution < 1.29 is 14.7 Å². The van der Waals surface area contributed by atoms with Gasteiger partial charge < -0.3 is 10.0 Å². The van der Waals surface area contributed by atoms with Crippen LogP contribution in [0.5, 0.6) is 0 Å². The van der Waals surface area contributed by atoms with E-state index in [-0.39, 0.29) is 5.41 Å². The lowest BCUT2D eigenvalue weighted by Crippen LogP contribution is -2.51. The van der Waals surface area contributed by atoms with Gasteiger partial charge in [0.15, 0.2) is 0 Å². The second kappa shape index (κ2) is 3.83. The molecule has 0 bridgehead atoms. The lowest BCUT2D eigenvalue weighted by atomic mass is 9.68. The average molecular weight is 211 g/mol. The summed E-state index contributed by atoms with van der Waals surface area (Å²) in [4.78, 5) is 24.2. The largest absolute Gasteiger partial charge is 0.465 e. The summed E-state index contributed by atoms with van der Waals surface area (Å²) < 4.78 is 0. The predicted octanol–water partition coefficient (Wildman–Crippen LogP) is 1.89. The quantitative estimate of drug-likeness (QED) is 0.665. The number of carbonyl (C=O) groups is 2. The molecular weight excluding hydrogens is 194 g/mol. The van der Waals surface area contributed by atoms with E-state index >= 15 is 0 Å². The van der Waals surface area contributed by atoms with Crippen molar-refractivity contribution in [2.75, 3.05) is 13.1 Å². The third-order valence-corrected chi connectivity index (χ3v) is 3.77. The topological polar surface area (TPSA) is 57.6 Å². The van der Waals surface area contributed by atoms with Crippen molar-refractivity contribution in [2.24, 2.45) is 5.41 Å². The second-order valence-electron chi connectivity index (χ2n) is 4.72. The Bertz CT molecular complexity index is 282. The van der Waals surface area contributed by atoms with Gasteiger partial charge in [-0.15, -0.1) is 0 Å². The average Bonchev–Trinajstić information content (AvgIpc) is 2.23. The molecule has 1 heterocycles. The second-order valence-corrected chi connectivity index (χ2v) is 4.72. The van der Waals surface area contributed by atoms with Crippen LogP contribution in [0.3, 0.4) is 0 Å². The fraction of sp³-hybridized carbons (Fsp3) is 0.818. The van der Waals surface area contributed by atoms with Crippen LogP contribution in [0.25, 0.3) is 0 Å². The molecule has 1 aliphatic carbocycles. The predicted molar refractivity (Wildman–Crippen MR) is 54.7 cm³/mol. The molecule has 1 N–H and O–H groups in total. The number of carboxylic acid groups (broad SMARTS) is 1. The normalized spacial score (nSPS) is 25.6. The highest BCUT2D eigenvalue weighted by molar-refractivity contribution is 5.87. The molecule has 0 atom stereocenters. The summed E-state index contributed by atoms with van der Waals surface area (Å²) in [5, 5.41) is 8.95. The molecule has 1 saturated carbocycles. The maximum Gasteiger partial charge on any atom is 0.407 e. The van der Waals surface area contributed by atoms with Gasteiger partial charge in [0, 0.05) is 24.9 Å². The van der Waals surface area contributed by atoms with Crippen molar-refractivity contribution in [2.45, 2.75) is 38.5 Å². The number of rotatable bonds is 0. The van der Waals surface area contributed by atoms with Crippen LogP contribution in [0.15, 0.2) is 0 Å². The van der Waals surface area contributed by atoms with Crippen LogP contribution < -0.4 is 0 Å². The van der Waals surface area contributed by atoms with Crippen molar-refractivity contribution in [3.8, 4) is 0 Å². The summed E-state index contributed by atoms with van der Waals surface area (Å²) in [5.74, 6) is 0.291. The Hall–Kier alpha value is -1.06. The van der Waals surface area contributed by atoms with Crippen LogP contribution in [0.4, 0.5) is 4.79 Å². The number of nitrogens with zero attached hydrogens (tertiary/aromatic N) is 1. The number of carbonyl (C=O) groups excluding carboxylic acids is 1. The Kier molecular flexibility index (Phi) is 2.67. The van der Waals surface area contributed by atoms with E-state index in [2.05, 4.69) is 0 Å². The molecule has 2 rings (SSSR count). The highest BCUT2D eigenvalue weighted by Gasteiger charge is 2.44. The SMILES string of the molecule is O=C(O)N1CCC(=O)C2(CCCCC2)C1. The molecule has 0 aromatic rings. The molecular formula is C11H17NO3. The molecule has 1 aliphatic heterocycles.